The lowest BCUT2D eigenvalue weighted by Crippen LogP contribution is -2.47. The maximum Gasteiger partial charge on any atom is 0.416 e. The van der Waals surface area contributed by atoms with Gasteiger partial charge >= 0.3 is 6.18 Å². The molecule has 0 spiro atoms. The molecule has 0 radical (unpaired) electrons. The summed E-state index contributed by atoms with van der Waals surface area (Å²) in [5.74, 6) is 0.0992. The van der Waals surface area contributed by atoms with Gasteiger partial charge in [-0.3, -0.25) is 9.69 Å². The van der Waals surface area contributed by atoms with Crippen molar-refractivity contribution in [1.82, 2.24) is 19.8 Å². The number of hydrogen-bond donors (Lipinski definition) is 1. The summed E-state index contributed by atoms with van der Waals surface area (Å²) in [6.45, 7) is 4.27. The Kier molecular flexibility index (Phi) is 6.61. The summed E-state index contributed by atoms with van der Waals surface area (Å²) in [7, 11) is 0. The first-order valence-electron chi connectivity index (χ1n) is 10.7. The van der Waals surface area contributed by atoms with Crippen LogP contribution in [0.15, 0.2) is 30.5 Å². The maximum absolute atomic E-state index is 12.9. The number of ether oxygens (including phenoxy) is 1. The van der Waals surface area contributed by atoms with Gasteiger partial charge < -0.3 is 15.4 Å². The summed E-state index contributed by atoms with van der Waals surface area (Å²) in [5, 5.41) is 0. The molecule has 3 heterocycles. The van der Waals surface area contributed by atoms with Crippen molar-refractivity contribution in [2.45, 2.75) is 24.9 Å². The molecule has 4 rings (SSSR count). The topological polar surface area (TPSA) is 84.6 Å². The van der Waals surface area contributed by atoms with Crippen LogP contribution in [-0.4, -0.2) is 71.6 Å². The van der Waals surface area contributed by atoms with E-state index in [9.17, 15) is 18.0 Å². The molecule has 0 unspecified atom stereocenters. The van der Waals surface area contributed by atoms with Crippen LogP contribution in [0.1, 0.15) is 30.0 Å². The van der Waals surface area contributed by atoms with Crippen LogP contribution in [0.25, 0.3) is 11.1 Å². The minimum atomic E-state index is -4.40. The van der Waals surface area contributed by atoms with Crippen LogP contribution >= 0.6 is 0 Å². The lowest BCUT2D eigenvalue weighted by molar-refractivity contribution is -0.137. The first kappa shape index (κ1) is 22.5. The third kappa shape index (κ3) is 5.18. The molecule has 2 aromatic rings. The SMILES string of the molecule is Nc1ncc(-c2ccc(C(F)(F)F)cc2)c([C@@H]2CCCN(C(=O)CN3CCOCC3)C2)n1. The molecule has 0 bridgehead atoms. The molecule has 2 saturated heterocycles. The van der Waals surface area contributed by atoms with Crippen LogP contribution in [-0.2, 0) is 15.7 Å². The smallest absolute Gasteiger partial charge is 0.379 e. The number of amides is 1. The summed E-state index contributed by atoms with van der Waals surface area (Å²) in [4.78, 5) is 25.3. The fraction of sp³-hybridized carbons (Fsp3) is 0.500. The summed E-state index contributed by atoms with van der Waals surface area (Å²) in [5.41, 5.74) is 7.02. The van der Waals surface area contributed by atoms with Gasteiger partial charge in [0, 0.05) is 43.9 Å². The Balaban J connectivity index is 1.53. The van der Waals surface area contributed by atoms with Gasteiger partial charge in [-0.1, -0.05) is 12.1 Å². The van der Waals surface area contributed by atoms with E-state index in [-0.39, 0.29) is 17.8 Å². The van der Waals surface area contributed by atoms with Gasteiger partial charge in [-0.2, -0.15) is 13.2 Å². The number of nitrogens with zero attached hydrogens (tertiary/aromatic N) is 4. The second-order valence-corrected chi connectivity index (χ2v) is 8.17. The number of carbonyl (C=O) groups is 1. The van der Waals surface area contributed by atoms with Crippen molar-refractivity contribution in [1.29, 1.82) is 0 Å². The zero-order chi connectivity index (χ0) is 22.7. The molecule has 2 aliphatic heterocycles. The van der Waals surface area contributed by atoms with Crippen molar-refractivity contribution < 1.29 is 22.7 Å². The fourth-order valence-corrected chi connectivity index (χ4v) is 4.26. The number of nitrogens with two attached hydrogens (primary N) is 1. The Morgan fingerprint density at radius 3 is 2.56 bits per heavy atom. The third-order valence-electron chi connectivity index (χ3n) is 5.98. The molecule has 1 aromatic heterocycles. The number of piperidine rings is 1. The number of alkyl halides is 3. The molecule has 0 aliphatic carbocycles. The summed E-state index contributed by atoms with van der Waals surface area (Å²) in [6, 6.07) is 4.94. The van der Waals surface area contributed by atoms with Crippen molar-refractivity contribution in [2.75, 3.05) is 51.7 Å². The molecular formula is C22H26F3N5O2. The summed E-state index contributed by atoms with van der Waals surface area (Å²) >= 11 is 0. The minimum absolute atomic E-state index is 0.0645. The number of anilines is 1. The van der Waals surface area contributed by atoms with Crippen molar-refractivity contribution in [3.05, 3.63) is 41.7 Å². The highest BCUT2D eigenvalue weighted by atomic mass is 19.4. The summed E-state index contributed by atoms with van der Waals surface area (Å²) in [6.07, 6.45) is -1.22. The average Bonchev–Trinajstić information content (AvgIpc) is 2.79. The molecule has 32 heavy (non-hydrogen) atoms. The number of likely N-dealkylation sites (tertiary alicyclic amines) is 1. The van der Waals surface area contributed by atoms with Gasteiger partial charge in [-0.05, 0) is 30.5 Å². The number of rotatable bonds is 4. The number of morpholine rings is 1. The maximum atomic E-state index is 12.9. The Bertz CT molecular complexity index is 946. The van der Waals surface area contributed by atoms with Crippen molar-refractivity contribution >= 4 is 11.9 Å². The number of halogens is 3. The molecule has 172 valence electrons. The fourth-order valence-electron chi connectivity index (χ4n) is 4.26. The van der Waals surface area contributed by atoms with Gasteiger partial charge in [0.25, 0.3) is 0 Å². The van der Waals surface area contributed by atoms with E-state index in [1.807, 2.05) is 4.90 Å². The minimum Gasteiger partial charge on any atom is -0.379 e. The van der Waals surface area contributed by atoms with Crippen LogP contribution < -0.4 is 5.73 Å². The predicted molar refractivity (Wildman–Crippen MR) is 113 cm³/mol. The molecule has 10 heteroatoms. The molecule has 1 aromatic carbocycles. The Labute approximate surface area is 184 Å². The second-order valence-electron chi connectivity index (χ2n) is 8.17. The molecule has 2 aliphatic rings. The van der Waals surface area contributed by atoms with Crippen LogP contribution in [0.5, 0.6) is 0 Å². The van der Waals surface area contributed by atoms with E-state index in [1.54, 1.807) is 6.20 Å². The number of benzene rings is 1. The van der Waals surface area contributed by atoms with E-state index >= 15 is 0 Å². The average molecular weight is 449 g/mol. The lowest BCUT2D eigenvalue weighted by atomic mass is 9.89. The van der Waals surface area contributed by atoms with Gasteiger partial charge in [-0.25, -0.2) is 9.97 Å². The van der Waals surface area contributed by atoms with E-state index in [0.717, 1.165) is 38.1 Å². The molecule has 2 N–H and O–H groups in total. The zero-order valence-electron chi connectivity index (χ0n) is 17.6. The van der Waals surface area contributed by atoms with Crippen LogP contribution in [0, 0.1) is 0 Å². The molecule has 0 saturated carbocycles. The number of aromatic nitrogens is 2. The van der Waals surface area contributed by atoms with Crippen LogP contribution in [0.4, 0.5) is 19.1 Å². The van der Waals surface area contributed by atoms with E-state index in [0.29, 0.717) is 49.7 Å². The molecule has 1 atom stereocenters. The largest absolute Gasteiger partial charge is 0.416 e. The lowest BCUT2D eigenvalue weighted by Gasteiger charge is -2.35. The molecule has 2 fully saturated rings. The van der Waals surface area contributed by atoms with E-state index in [4.69, 9.17) is 10.5 Å². The van der Waals surface area contributed by atoms with Gasteiger partial charge in [0.2, 0.25) is 11.9 Å². The highest BCUT2D eigenvalue weighted by Gasteiger charge is 2.31. The molecular weight excluding hydrogens is 423 g/mol. The normalized spacial score (nSPS) is 20.3. The van der Waals surface area contributed by atoms with Gasteiger partial charge in [0.05, 0.1) is 31.0 Å². The third-order valence-corrected chi connectivity index (χ3v) is 5.98. The first-order valence-corrected chi connectivity index (χ1v) is 10.7. The van der Waals surface area contributed by atoms with Crippen LogP contribution in [0.2, 0.25) is 0 Å². The second kappa shape index (κ2) is 9.41. The van der Waals surface area contributed by atoms with Crippen LogP contribution in [0.3, 0.4) is 0 Å². The highest BCUT2D eigenvalue weighted by molar-refractivity contribution is 5.78. The van der Waals surface area contributed by atoms with Gasteiger partial charge in [-0.15, -0.1) is 0 Å². The van der Waals surface area contributed by atoms with Gasteiger partial charge in [0.15, 0.2) is 0 Å². The van der Waals surface area contributed by atoms with Crippen molar-refractivity contribution in [3.8, 4) is 11.1 Å². The van der Waals surface area contributed by atoms with Crippen molar-refractivity contribution in [3.63, 3.8) is 0 Å². The molecule has 7 nitrogen and oxygen atoms in total. The monoisotopic (exact) mass is 449 g/mol. The Morgan fingerprint density at radius 2 is 1.88 bits per heavy atom. The number of nitrogen functional groups attached to an aromatic ring is 1. The standard InChI is InChI=1S/C22H26F3N5O2/c23-22(24,25)17-5-3-15(4-6-17)18-12-27-21(26)28-20(18)16-2-1-7-30(13-16)19(31)14-29-8-10-32-11-9-29/h3-6,12,16H,1-2,7-11,13-14H2,(H2,26,27,28)/t16-/m1/s1. The predicted octanol–water partition coefficient (Wildman–Crippen LogP) is 2.78. The zero-order valence-corrected chi connectivity index (χ0v) is 17.6. The van der Waals surface area contributed by atoms with Crippen molar-refractivity contribution in [2.24, 2.45) is 0 Å². The Morgan fingerprint density at radius 1 is 1.16 bits per heavy atom. The first-order chi connectivity index (χ1) is 15.3. The van der Waals surface area contributed by atoms with Gasteiger partial charge in [0.1, 0.15) is 0 Å². The van der Waals surface area contributed by atoms with E-state index in [1.165, 1.54) is 12.1 Å². The number of carbonyl (C=O) groups excluding carboxylic acids is 1. The van der Waals surface area contributed by atoms with E-state index < -0.39 is 11.7 Å². The Hall–Kier alpha value is -2.72. The van der Waals surface area contributed by atoms with E-state index in [2.05, 4.69) is 14.9 Å². The quantitative estimate of drug-likeness (QED) is 0.773. The highest BCUT2D eigenvalue weighted by Crippen LogP contribution is 2.35. The molecule has 1 amide bonds. The summed E-state index contributed by atoms with van der Waals surface area (Å²) < 4.78 is 44.2. The number of hydrogen-bond acceptors (Lipinski definition) is 6.